The summed E-state index contributed by atoms with van der Waals surface area (Å²) in [6.45, 7) is 3.23. The normalized spacial score (nSPS) is 10.0. The Labute approximate surface area is 121 Å². The minimum atomic E-state index is -0.689. The number of nitrogen functional groups attached to an aromatic ring is 1. The van der Waals surface area contributed by atoms with Gasteiger partial charge in [-0.25, -0.2) is 4.39 Å². The molecule has 0 aliphatic heterocycles. The van der Waals surface area contributed by atoms with E-state index in [2.05, 4.69) is 0 Å². The second-order valence-corrected chi connectivity index (χ2v) is 4.59. The molecule has 4 nitrogen and oxygen atoms in total. The zero-order valence-electron chi connectivity index (χ0n) is 11.6. The number of hydrogen-bond acceptors (Lipinski definition) is 4. The van der Waals surface area contributed by atoms with E-state index in [-0.39, 0.29) is 28.5 Å². The average molecular weight is 284 g/mol. The Bertz CT molecular complexity index is 764. The quantitative estimate of drug-likeness (QED) is 0.690. The van der Waals surface area contributed by atoms with Crippen LogP contribution in [-0.2, 0) is 0 Å². The van der Waals surface area contributed by atoms with Gasteiger partial charge in [-0.05, 0) is 43.7 Å². The van der Waals surface area contributed by atoms with Crippen LogP contribution in [0, 0.1) is 24.1 Å². The number of benzene rings is 2. The first-order valence-corrected chi connectivity index (χ1v) is 6.21. The lowest BCUT2D eigenvalue weighted by Gasteiger charge is -2.11. The number of nitrogens with two attached hydrogens (primary N) is 1. The van der Waals surface area contributed by atoms with Crippen molar-refractivity contribution in [2.45, 2.75) is 13.8 Å². The van der Waals surface area contributed by atoms with Crippen LogP contribution in [0.5, 0.6) is 11.5 Å². The Hall–Kier alpha value is -2.87. The summed E-state index contributed by atoms with van der Waals surface area (Å²) < 4.78 is 19.3. The maximum absolute atomic E-state index is 13.8. The number of carbonyl (C=O) groups excluding carboxylic acids is 1. The zero-order chi connectivity index (χ0) is 15.6. The Kier molecular flexibility index (Phi) is 3.90. The number of Topliss-reactive ketones (excluding diaryl/α,β-unsaturated/α-hetero) is 1. The number of nitrogens with zero attached hydrogens (tertiary/aromatic N) is 1. The van der Waals surface area contributed by atoms with Gasteiger partial charge in [0.05, 0.1) is 5.69 Å². The molecule has 0 atom stereocenters. The van der Waals surface area contributed by atoms with Crippen LogP contribution < -0.4 is 10.5 Å². The Morgan fingerprint density at radius 3 is 2.67 bits per heavy atom. The highest BCUT2D eigenvalue weighted by Gasteiger charge is 2.15. The van der Waals surface area contributed by atoms with Crippen molar-refractivity contribution in [3.8, 4) is 17.6 Å². The van der Waals surface area contributed by atoms with Crippen LogP contribution in [0.4, 0.5) is 10.1 Å². The summed E-state index contributed by atoms with van der Waals surface area (Å²) >= 11 is 0. The van der Waals surface area contributed by atoms with Gasteiger partial charge in [0, 0.05) is 5.56 Å². The second kappa shape index (κ2) is 5.63. The van der Waals surface area contributed by atoms with E-state index in [1.165, 1.54) is 19.1 Å². The molecule has 0 unspecified atom stereocenters. The van der Waals surface area contributed by atoms with Crippen LogP contribution in [0.15, 0.2) is 30.3 Å². The number of rotatable bonds is 3. The Morgan fingerprint density at radius 2 is 2.05 bits per heavy atom. The van der Waals surface area contributed by atoms with Gasteiger partial charge in [0.2, 0.25) is 0 Å². The maximum Gasteiger partial charge on any atom is 0.182 e. The molecule has 21 heavy (non-hydrogen) atoms. The molecule has 106 valence electrons. The molecular formula is C16H13FN2O2. The fourth-order valence-corrected chi connectivity index (χ4v) is 1.95. The molecule has 2 rings (SSSR count). The third-order valence-corrected chi connectivity index (χ3v) is 3.06. The number of nitriles is 1. The Balaban J connectivity index is 2.49. The largest absolute Gasteiger partial charge is 0.453 e. The topological polar surface area (TPSA) is 76.1 Å². The highest BCUT2D eigenvalue weighted by Crippen LogP contribution is 2.32. The van der Waals surface area contributed by atoms with Gasteiger partial charge in [-0.1, -0.05) is 6.07 Å². The number of anilines is 1. The third-order valence-electron chi connectivity index (χ3n) is 3.06. The minimum Gasteiger partial charge on any atom is -0.453 e. The summed E-state index contributed by atoms with van der Waals surface area (Å²) in [5, 5.41) is 9.06. The summed E-state index contributed by atoms with van der Waals surface area (Å²) in [6.07, 6.45) is 0. The van der Waals surface area contributed by atoms with Gasteiger partial charge in [0.15, 0.2) is 17.3 Å². The van der Waals surface area contributed by atoms with Crippen molar-refractivity contribution in [2.75, 3.05) is 5.73 Å². The van der Waals surface area contributed by atoms with Crippen molar-refractivity contribution < 1.29 is 13.9 Å². The van der Waals surface area contributed by atoms with Gasteiger partial charge in [-0.3, -0.25) is 4.79 Å². The fraction of sp³-hybridized carbons (Fsp3) is 0.125. The van der Waals surface area contributed by atoms with E-state index in [1.54, 1.807) is 19.1 Å². The molecule has 0 bridgehead atoms. The molecule has 0 fully saturated rings. The van der Waals surface area contributed by atoms with E-state index in [4.69, 9.17) is 15.7 Å². The van der Waals surface area contributed by atoms with Crippen LogP contribution in [0.25, 0.3) is 0 Å². The van der Waals surface area contributed by atoms with Crippen molar-refractivity contribution in [3.63, 3.8) is 0 Å². The molecule has 0 aromatic heterocycles. The highest BCUT2D eigenvalue weighted by molar-refractivity contribution is 5.95. The van der Waals surface area contributed by atoms with Crippen molar-refractivity contribution >= 4 is 11.5 Å². The van der Waals surface area contributed by atoms with E-state index in [0.717, 1.165) is 11.6 Å². The maximum atomic E-state index is 13.8. The molecule has 0 radical (unpaired) electrons. The van der Waals surface area contributed by atoms with E-state index in [9.17, 15) is 9.18 Å². The van der Waals surface area contributed by atoms with Crippen LogP contribution >= 0.6 is 0 Å². The molecule has 0 heterocycles. The SMILES string of the molecule is CC(=O)c1cc(Oc2c(F)ccc(N)c2C#N)ccc1C. The lowest BCUT2D eigenvalue weighted by molar-refractivity contribution is 0.101. The predicted octanol–water partition coefficient (Wildman–Crippen LogP) is 3.58. The monoisotopic (exact) mass is 284 g/mol. The molecular weight excluding hydrogens is 271 g/mol. The third kappa shape index (κ3) is 2.84. The van der Waals surface area contributed by atoms with E-state index in [1.807, 2.05) is 6.07 Å². The molecule has 0 aliphatic rings. The number of carbonyl (C=O) groups is 1. The summed E-state index contributed by atoms with van der Waals surface area (Å²) in [5.41, 5.74) is 6.97. The number of aryl methyl sites for hydroxylation is 1. The van der Waals surface area contributed by atoms with Crippen molar-refractivity contribution in [3.05, 3.63) is 52.8 Å². The van der Waals surface area contributed by atoms with E-state index >= 15 is 0 Å². The lowest BCUT2D eigenvalue weighted by Crippen LogP contribution is -2.00. The molecule has 0 amide bonds. The fourth-order valence-electron chi connectivity index (χ4n) is 1.95. The van der Waals surface area contributed by atoms with E-state index in [0.29, 0.717) is 5.56 Å². The molecule has 0 saturated carbocycles. The van der Waals surface area contributed by atoms with Gasteiger partial charge in [-0.2, -0.15) is 5.26 Å². The first-order valence-electron chi connectivity index (χ1n) is 6.21. The number of halogens is 1. The molecule has 2 aromatic carbocycles. The predicted molar refractivity (Wildman–Crippen MR) is 76.8 cm³/mol. The highest BCUT2D eigenvalue weighted by atomic mass is 19.1. The first kappa shape index (κ1) is 14.5. The molecule has 0 aliphatic carbocycles. The van der Waals surface area contributed by atoms with Crippen molar-refractivity contribution in [1.29, 1.82) is 5.26 Å². The van der Waals surface area contributed by atoms with Crippen LogP contribution in [0.3, 0.4) is 0 Å². The number of ether oxygens (including phenoxy) is 1. The van der Waals surface area contributed by atoms with Crippen LogP contribution in [-0.4, -0.2) is 5.78 Å². The number of ketones is 1. The van der Waals surface area contributed by atoms with E-state index < -0.39 is 5.82 Å². The van der Waals surface area contributed by atoms with Crippen molar-refractivity contribution in [1.82, 2.24) is 0 Å². The number of hydrogen-bond donors (Lipinski definition) is 1. The minimum absolute atomic E-state index is 0.0695. The van der Waals surface area contributed by atoms with Crippen LogP contribution in [0.1, 0.15) is 28.4 Å². The standard InChI is InChI=1S/C16H13FN2O2/c1-9-3-4-11(7-12(9)10(2)20)21-16-13(8-18)15(19)6-5-14(16)17/h3-7H,19H2,1-2H3. The van der Waals surface area contributed by atoms with Crippen LogP contribution in [0.2, 0.25) is 0 Å². The van der Waals surface area contributed by atoms with Gasteiger partial charge in [0.1, 0.15) is 17.4 Å². The molecule has 0 spiro atoms. The lowest BCUT2D eigenvalue weighted by atomic mass is 10.1. The summed E-state index contributed by atoms with van der Waals surface area (Å²) in [7, 11) is 0. The van der Waals surface area contributed by atoms with Gasteiger partial charge in [-0.15, -0.1) is 0 Å². The summed E-state index contributed by atoms with van der Waals surface area (Å²) in [5.74, 6) is -0.778. The molecule has 2 aromatic rings. The van der Waals surface area contributed by atoms with Crippen molar-refractivity contribution in [2.24, 2.45) is 0 Å². The smallest absolute Gasteiger partial charge is 0.182 e. The zero-order valence-corrected chi connectivity index (χ0v) is 11.6. The summed E-state index contributed by atoms with van der Waals surface area (Å²) in [6, 6.07) is 9.06. The van der Waals surface area contributed by atoms with Gasteiger partial charge >= 0.3 is 0 Å². The average Bonchev–Trinajstić information content (AvgIpc) is 2.44. The first-order chi connectivity index (χ1) is 9.93. The second-order valence-electron chi connectivity index (χ2n) is 4.59. The molecule has 2 N–H and O–H groups in total. The van der Waals surface area contributed by atoms with Gasteiger partial charge < -0.3 is 10.5 Å². The molecule has 0 saturated heterocycles. The Morgan fingerprint density at radius 1 is 1.33 bits per heavy atom. The molecule has 5 heteroatoms. The van der Waals surface area contributed by atoms with Gasteiger partial charge in [0.25, 0.3) is 0 Å². The summed E-state index contributed by atoms with van der Waals surface area (Å²) in [4.78, 5) is 11.5.